The number of piperidine rings is 1. The van der Waals surface area contributed by atoms with Crippen LogP contribution in [0, 0.1) is 0 Å². The van der Waals surface area contributed by atoms with Gasteiger partial charge in [0.1, 0.15) is 0 Å². The first kappa shape index (κ1) is 11.6. The van der Waals surface area contributed by atoms with Gasteiger partial charge < -0.3 is 10.2 Å². The van der Waals surface area contributed by atoms with Crippen LogP contribution in [0.4, 0.5) is 0 Å². The molecule has 1 aromatic rings. The van der Waals surface area contributed by atoms with E-state index in [0.717, 1.165) is 25.1 Å². The van der Waals surface area contributed by atoms with Gasteiger partial charge in [0.25, 0.3) is 0 Å². The Labute approximate surface area is 100 Å². The maximum absolute atomic E-state index is 12.0. The lowest BCUT2D eigenvalue weighted by Gasteiger charge is -2.31. The highest BCUT2D eigenvalue weighted by molar-refractivity contribution is 7.07. The third-order valence-electron chi connectivity index (χ3n) is 3.15. The van der Waals surface area contributed by atoms with E-state index in [1.807, 2.05) is 28.8 Å². The summed E-state index contributed by atoms with van der Waals surface area (Å²) in [7, 11) is 1.92. The Hall–Kier alpha value is -0.870. The Balaban J connectivity index is 1.88. The summed E-state index contributed by atoms with van der Waals surface area (Å²) in [5.74, 6) is 0.229. The topological polar surface area (TPSA) is 32.3 Å². The molecule has 0 spiro atoms. The van der Waals surface area contributed by atoms with E-state index in [2.05, 4.69) is 5.32 Å². The third-order valence-corrected chi connectivity index (χ3v) is 3.88. The zero-order valence-corrected chi connectivity index (χ0v) is 10.4. The standard InChI is InChI=1S/C12H18N2OS/c1-14(11-3-2-5-13-8-11)12(15)7-10-4-6-16-9-10/h4,6,9,11,13H,2-3,5,7-8H2,1H3/t11-/m0/s1. The third kappa shape index (κ3) is 2.83. The highest BCUT2D eigenvalue weighted by Gasteiger charge is 2.21. The van der Waals surface area contributed by atoms with Gasteiger partial charge in [-0.2, -0.15) is 11.3 Å². The summed E-state index contributed by atoms with van der Waals surface area (Å²) in [4.78, 5) is 13.9. The van der Waals surface area contributed by atoms with Crippen LogP contribution >= 0.6 is 11.3 Å². The van der Waals surface area contributed by atoms with Crippen molar-refractivity contribution in [2.45, 2.75) is 25.3 Å². The molecule has 0 unspecified atom stereocenters. The van der Waals surface area contributed by atoms with Crippen LogP contribution in [0.1, 0.15) is 18.4 Å². The molecule has 2 heterocycles. The van der Waals surface area contributed by atoms with Crippen molar-refractivity contribution in [1.82, 2.24) is 10.2 Å². The largest absolute Gasteiger partial charge is 0.341 e. The molecule has 1 fully saturated rings. The minimum atomic E-state index is 0.229. The molecule has 1 amide bonds. The van der Waals surface area contributed by atoms with Crippen molar-refractivity contribution in [3.05, 3.63) is 22.4 Å². The first-order valence-electron chi connectivity index (χ1n) is 5.75. The van der Waals surface area contributed by atoms with Gasteiger partial charge in [-0.05, 0) is 41.8 Å². The summed E-state index contributed by atoms with van der Waals surface area (Å²) in [6, 6.07) is 2.40. The van der Waals surface area contributed by atoms with E-state index >= 15 is 0 Å². The van der Waals surface area contributed by atoms with Crippen LogP contribution in [-0.2, 0) is 11.2 Å². The van der Waals surface area contributed by atoms with Gasteiger partial charge in [0, 0.05) is 19.6 Å². The van der Waals surface area contributed by atoms with E-state index in [0.29, 0.717) is 12.5 Å². The Morgan fingerprint density at radius 2 is 2.56 bits per heavy atom. The molecule has 4 heteroatoms. The first-order valence-corrected chi connectivity index (χ1v) is 6.69. The number of nitrogens with zero attached hydrogens (tertiary/aromatic N) is 1. The van der Waals surface area contributed by atoms with Crippen LogP contribution in [0.15, 0.2) is 16.8 Å². The molecule has 1 aliphatic rings. The number of carbonyl (C=O) groups excluding carboxylic acids is 1. The fourth-order valence-electron chi connectivity index (χ4n) is 2.06. The van der Waals surface area contributed by atoms with E-state index in [1.165, 1.54) is 6.42 Å². The molecule has 0 aliphatic carbocycles. The lowest BCUT2D eigenvalue weighted by molar-refractivity contribution is -0.131. The second-order valence-electron chi connectivity index (χ2n) is 4.31. The van der Waals surface area contributed by atoms with Gasteiger partial charge in [-0.3, -0.25) is 4.79 Å². The number of likely N-dealkylation sites (N-methyl/N-ethyl adjacent to an activating group) is 1. The number of thiophene rings is 1. The SMILES string of the molecule is CN(C(=O)Cc1ccsc1)[C@H]1CCCNC1. The lowest BCUT2D eigenvalue weighted by Crippen LogP contribution is -2.47. The summed E-state index contributed by atoms with van der Waals surface area (Å²) >= 11 is 1.65. The van der Waals surface area contributed by atoms with Gasteiger partial charge in [0.2, 0.25) is 5.91 Å². The van der Waals surface area contributed by atoms with Gasteiger partial charge in [0.15, 0.2) is 0 Å². The van der Waals surface area contributed by atoms with Crippen molar-refractivity contribution in [2.75, 3.05) is 20.1 Å². The Kier molecular flexibility index (Phi) is 3.96. The van der Waals surface area contributed by atoms with Crippen LogP contribution in [0.25, 0.3) is 0 Å². The fraction of sp³-hybridized carbons (Fsp3) is 0.583. The number of hydrogen-bond donors (Lipinski definition) is 1. The van der Waals surface area contributed by atoms with Crippen molar-refractivity contribution in [3.8, 4) is 0 Å². The Morgan fingerprint density at radius 1 is 1.69 bits per heavy atom. The number of amides is 1. The van der Waals surface area contributed by atoms with E-state index < -0.39 is 0 Å². The van der Waals surface area contributed by atoms with Crippen LogP contribution in [0.2, 0.25) is 0 Å². The first-order chi connectivity index (χ1) is 7.77. The van der Waals surface area contributed by atoms with Crippen molar-refractivity contribution >= 4 is 17.2 Å². The van der Waals surface area contributed by atoms with Crippen molar-refractivity contribution in [1.29, 1.82) is 0 Å². The smallest absolute Gasteiger partial charge is 0.227 e. The normalized spacial score (nSPS) is 20.7. The molecule has 0 aromatic carbocycles. The molecule has 2 rings (SSSR count). The molecule has 0 saturated carbocycles. The van der Waals surface area contributed by atoms with Crippen LogP contribution in [-0.4, -0.2) is 37.0 Å². The minimum Gasteiger partial charge on any atom is -0.341 e. The second kappa shape index (κ2) is 5.46. The number of rotatable bonds is 3. The molecule has 1 saturated heterocycles. The quantitative estimate of drug-likeness (QED) is 0.865. The predicted octanol–water partition coefficient (Wildman–Crippen LogP) is 1.50. The molecule has 1 N–H and O–H groups in total. The molecule has 0 radical (unpaired) electrons. The van der Waals surface area contributed by atoms with E-state index in [1.54, 1.807) is 11.3 Å². The van der Waals surface area contributed by atoms with Crippen molar-refractivity contribution in [3.63, 3.8) is 0 Å². The fourth-order valence-corrected chi connectivity index (χ4v) is 2.73. The summed E-state index contributed by atoms with van der Waals surface area (Å²) < 4.78 is 0. The molecular weight excluding hydrogens is 220 g/mol. The maximum atomic E-state index is 12.0. The minimum absolute atomic E-state index is 0.229. The molecule has 0 bridgehead atoms. The van der Waals surface area contributed by atoms with Crippen LogP contribution in [0.3, 0.4) is 0 Å². The molecule has 1 aromatic heterocycles. The van der Waals surface area contributed by atoms with E-state index in [9.17, 15) is 4.79 Å². The van der Waals surface area contributed by atoms with Gasteiger partial charge in [0.05, 0.1) is 6.42 Å². The molecule has 1 aliphatic heterocycles. The van der Waals surface area contributed by atoms with Crippen molar-refractivity contribution < 1.29 is 4.79 Å². The summed E-state index contributed by atoms with van der Waals surface area (Å²) in [5.41, 5.74) is 1.13. The average Bonchev–Trinajstić information content (AvgIpc) is 2.82. The van der Waals surface area contributed by atoms with Gasteiger partial charge in [-0.25, -0.2) is 0 Å². The summed E-state index contributed by atoms with van der Waals surface area (Å²) in [6.45, 7) is 2.02. The molecule has 16 heavy (non-hydrogen) atoms. The summed E-state index contributed by atoms with van der Waals surface area (Å²) in [6.07, 6.45) is 2.83. The monoisotopic (exact) mass is 238 g/mol. The van der Waals surface area contributed by atoms with Gasteiger partial charge in [-0.1, -0.05) is 0 Å². The zero-order chi connectivity index (χ0) is 11.4. The predicted molar refractivity (Wildman–Crippen MR) is 66.7 cm³/mol. The van der Waals surface area contributed by atoms with Crippen LogP contribution < -0.4 is 5.32 Å². The van der Waals surface area contributed by atoms with E-state index in [-0.39, 0.29) is 5.91 Å². The molecular formula is C12H18N2OS. The number of carbonyl (C=O) groups is 1. The second-order valence-corrected chi connectivity index (χ2v) is 5.09. The molecule has 88 valence electrons. The number of nitrogens with one attached hydrogen (secondary N) is 1. The van der Waals surface area contributed by atoms with E-state index in [4.69, 9.17) is 0 Å². The van der Waals surface area contributed by atoms with Gasteiger partial charge >= 0.3 is 0 Å². The summed E-state index contributed by atoms with van der Waals surface area (Å²) in [5, 5.41) is 7.40. The molecule has 3 nitrogen and oxygen atoms in total. The Bertz CT molecular complexity index is 331. The lowest BCUT2D eigenvalue weighted by atomic mass is 10.1. The molecule has 1 atom stereocenters. The Morgan fingerprint density at radius 3 is 3.19 bits per heavy atom. The highest BCUT2D eigenvalue weighted by Crippen LogP contribution is 2.12. The van der Waals surface area contributed by atoms with Crippen molar-refractivity contribution in [2.24, 2.45) is 0 Å². The van der Waals surface area contributed by atoms with Gasteiger partial charge in [-0.15, -0.1) is 0 Å². The van der Waals surface area contributed by atoms with Crippen LogP contribution in [0.5, 0.6) is 0 Å². The number of hydrogen-bond acceptors (Lipinski definition) is 3. The highest BCUT2D eigenvalue weighted by atomic mass is 32.1. The maximum Gasteiger partial charge on any atom is 0.227 e. The average molecular weight is 238 g/mol. The zero-order valence-electron chi connectivity index (χ0n) is 9.61.